The zero-order chi connectivity index (χ0) is 22.3. The number of carbonyl (C=O) groups excluding carboxylic acids is 2. The monoisotopic (exact) mass is 414 g/mol. The summed E-state index contributed by atoms with van der Waals surface area (Å²) < 4.78 is 5.36. The molecule has 1 aliphatic rings. The highest BCUT2D eigenvalue weighted by Crippen LogP contribution is 2.16. The van der Waals surface area contributed by atoms with Gasteiger partial charge in [0.2, 0.25) is 0 Å². The highest BCUT2D eigenvalue weighted by atomic mass is 16.6. The van der Waals surface area contributed by atoms with Gasteiger partial charge in [0.25, 0.3) is 5.91 Å². The van der Waals surface area contributed by atoms with Crippen molar-refractivity contribution < 1.29 is 24.2 Å². The van der Waals surface area contributed by atoms with E-state index in [4.69, 9.17) is 9.84 Å². The molecule has 3 N–H and O–H groups in total. The predicted octanol–water partition coefficient (Wildman–Crippen LogP) is 2.72. The van der Waals surface area contributed by atoms with Crippen LogP contribution in [-0.4, -0.2) is 52.7 Å². The number of hydrogen-bond donors (Lipinski definition) is 3. The van der Waals surface area contributed by atoms with Crippen molar-refractivity contribution >= 4 is 23.7 Å². The second kappa shape index (κ2) is 9.78. The lowest BCUT2D eigenvalue weighted by molar-refractivity contribution is -0.112. The molecule has 2 rings (SSSR count). The zero-order valence-corrected chi connectivity index (χ0v) is 17.3. The van der Waals surface area contributed by atoms with Gasteiger partial charge in [-0.05, 0) is 51.8 Å². The van der Waals surface area contributed by atoms with Crippen LogP contribution in [-0.2, 0) is 9.53 Å². The fraction of sp³-hybridized carbons (Fsp3) is 0.429. The van der Waals surface area contributed by atoms with E-state index in [1.807, 2.05) is 26.8 Å². The minimum absolute atomic E-state index is 0.00942. The van der Waals surface area contributed by atoms with Gasteiger partial charge in [-0.3, -0.25) is 4.79 Å². The third-order valence-corrected chi connectivity index (χ3v) is 4.34. The Morgan fingerprint density at radius 1 is 1.27 bits per heavy atom. The molecule has 1 saturated heterocycles. The SMILES string of the molecule is CC(C)(C)OC(=O)N1CCC(N/C=C(/C#N)C(=O)Nc2cccc(C(=O)O)c2)CC1. The van der Waals surface area contributed by atoms with Crippen LogP contribution in [0.2, 0.25) is 0 Å². The van der Waals surface area contributed by atoms with Gasteiger partial charge in [-0.2, -0.15) is 5.26 Å². The lowest BCUT2D eigenvalue weighted by Crippen LogP contribution is -2.45. The summed E-state index contributed by atoms with van der Waals surface area (Å²) in [7, 11) is 0. The maximum Gasteiger partial charge on any atom is 0.410 e. The number of carboxylic acid groups (broad SMARTS) is 1. The molecule has 9 nitrogen and oxygen atoms in total. The fourth-order valence-corrected chi connectivity index (χ4v) is 2.83. The Kier molecular flexibility index (Phi) is 7.42. The van der Waals surface area contributed by atoms with E-state index in [1.54, 1.807) is 11.0 Å². The topological polar surface area (TPSA) is 132 Å². The van der Waals surface area contributed by atoms with Crippen molar-refractivity contribution in [3.8, 4) is 6.07 Å². The molecule has 1 heterocycles. The van der Waals surface area contributed by atoms with E-state index in [0.717, 1.165) is 0 Å². The molecular formula is C21H26N4O5. The molecular weight excluding hydrogens is 388 g/mol. The first-order valence-electron chi connectivity index (χ1n) is 9.58. The Bertz CT molecular complexity index is 874. The van der Waals surface area contributed by atoms with Gasteiger partial charge in [-0.15, -0.1) is 0 Å². The number of amides is 2. The standard InChI is InChI=1S/C21H26N4O5/c1-21(2,3)30-20(29)25-9-7-16(8-10-25)23-13-15(12-22)18(26)24-17-6-4-5-14(11-17)19(27)28/h4-6,11,13,16,23H,7-10H2,1-3H3,(H,24,26)(H,27,28)/b15-13-. The number of rotatable bonds is 5. The summed E-state index contributed by atoms with van der Waals surface area (Å²) >= 11 is 0. The predicted molar refractivity (Wildman–Crippen MR) is 110 cm³/mol. The van der Waals surface area contributed by atoms with Crippen LogP contribution in [0.3, 0.4) is 0 Å². The van der Waals surface area contributed by atoms with Crippen molar-refractivity contribution in [3.63, 3.8) is 0 Å². The smallest absolute Gasteiger partial charge is 0.410 e. The maximum absolute atomic E-state index is 12.3. The number of nitrogens with one attached hydrogen (secondary N) is 2. The minimum atomic E-state index is -1.11. The molecule has 0 unspecified atom stereocenters. The van der Waals surface area contributed by atoms with Gasteiger partial charge in [0.15, 0.2) is 0 Å². The first-order chi connectivity index (χ1) is 14.1. The third kappa shape index (κ3) is 6.81. The molecule has 1 aliphatic heterocycles. The molecule has 0 bridgehead atoms. The molecule has 1 aromatic carbocycles. The largest absolute Gasteiger partial charge is 0.478 e. The average Bonchev–Trinajstić information content (AvgIpc) is 2.67. The Morgan fingerprint density at radius 2 is 1.93 bits per heavy atom. The number of carbonyl (C=O) groups is 3. The first kappa shape index (κ1) is 22.7. The minimum Gasteiger partial charge on any atom is -0.478 e. The van der Waals surface area contributed by atoms with E-state index in [0.29, 0.717) is 25.9 Å². The highest BCUT2D eigenvalue weighted by Gasteiger charge is 2.26. The van der Waals surface area contributed by atoms with E-state index in [-0.39, 0.29) is 29.0 Å². The number of nitriles is 1. The summed E-state index contributed by atoms with van der Waals surface area (Å²) in [6.45, 7) is 6.47. The van der Waals surface area contributed by atoms with Crippen LogP contribution >= 0.6 is 0 Å². The molecule has 0 aromatic heterocycles. The normalized spacial score (nSPS) is 15.1. The Balaban J connectivity index is 1.89. The summed E-state index contributed by atoms with van der Waals surface area (Å²) in [5, 5.41) is 23.9. The fourth-order valence-electron chi connectivity index (χ4n) is 2.83. The molecule has 0 saturated carbocycles. The molecule has 0 spiro atoms. The van der Waals surface area contributed by atoms with Crippen molar-refractivity contribution in [2.45, 2.75) is 45.3 Å². The Labute approximate surface area is 175 Å². The average molecular weight is 414 g/mol. The number of hydrogen-bond acceptors (Lipinski definition) is 6. The number of aromatic carboxylic acids is 1. The number of benzene rings is 1. The summed E-state index contributed by atoms with van der Waals surface area (Å²) in [5.41, 5.74) is -0.365. The maximum atomic E-state index is 12.3. The van der Waals surface area contributed by atoms with Crippen LogP contribution in [0.15, 0.2) is 36.0 Å². The van der Waals surface area contributed by atoms with Crippen LogP contribution in [0.1, 0.15) is 44.0 Å². The van der Waals surface area contributed by atoms with Gasteiger partial charge in [0.1, 0.15) is 17.2 Å². The molecule has 160 valence electrons. The molecule has 2 amide bonds. The highest BCUT2D eigenvalue weighted by molar-refractivity contribution is 6.06. The Morgan fingerprint density at radius 3 is 2.50 bits per heavy atom. The van der Waals surface area contributed by atoms with Crippen molar-refractivity contribution in [3.05, 3.63) is 41.6 Å². The second-order valence-electron chi connectivity index (χ2n) is 7.92. The van der Waals surface area contributed by atoms with Gasteiger partial charge >= 0.3 is 12.1 Å². The van der Waals surface area contributed by atoms with Gasteiger partial charge < -0.3 is 25.4 Å². The summed E-state index contributed by atoms with van der Waals surface area (Å²) in [6.07, 6.45) is 2.30. The van der Waals surface area contributed by atoms with Crippen LogP contribution in [0.25, 0.3) is 0 Å². The summed E-state index contributed by atoms with van der Waals surface area (Å²) in [4.78, 5) is 37.1. The number of piperidine rings is 1. The van der Waals surface area contributed by atoms with Crippen molar-refractivity contribution in [2.24, 2.45) is 0 Å². The van der Waals surface area contributed by atoms with Crippen LogP contribution in [0, 0.1) is 11.3 Å². The Hall–Kier alpha value is -3.54. The van der Waals surface area contributed by atoms with E-state index in [9.17, 15) is 19.6 Å². The van der Waals surface area contributed by atoms with Gasteiger partial charge in [-0.25, -0.2) is 9.59 Å². The van der Waals surface area contributed by atoms with Crippen LogP contribution in [0.5, 0.6) is 0 Å². The summed E-state index contributed by atoms with van der Waals surface area (Å²) in [6, 6.07) is 7.61. The van der Waals surface area contributed by atoms with Gasteiger partial charge in [-0.1, -0.05) is 6.07 Å². The molecule has 1 fully saturated rings. The molecule has 0 radical (unpaired) electrons. The molecule has 0 atom stereocenters. The first-order valence-corrected chi connectivity index (χ1v) is 9.58. The van der Waals surface area contributed by atoms with Crippen LogP contribution in [0.4, 0.5) is 10.5 Å². The zero-order valence-electron chi connectivity index (χ0n) is 17.3. The van der Waals surface area contributed by atoms with E-state index >= 15 is 0 Å². The van der Waals surface area contributed by atoms with Crippen molar-refractivity contribution in [1.82, 2.24) is 10.2 Å². The third-order valence-electron chi connectivity index (χ3n) is 4.34. The van der Waals surface area contributed by atoms with Crippen LogP contribution < -0.4 is 10.6 Å². The quantitative estimate of drug-likeness (QED) is 0.498. The molecule has 1 aromatic rings. The molecule has 0 aliphatic carbocycles. The lowest BCUT2D eigenvalue weighted by Gasteiger charge is -2.33. The van der Waals surface area contributed by atoms with Crippen molar-refractivity contribution in [1.29, 1.82) is 5.26 Å². The lowest BCUT2D eigenvalue weighted by atomic mass is 10.1. The molecule has 30 heavy (non-hydrogen) atoms. The number of likely N-dealkylation sites (tertiary alicyclic amines) is 1. The van der Waals surface area contributed by atoms with Crippen molar-refractivity contribution in [2.75, 3.05) is 18.4 Å². The second-order valence-corrected chi connectivity index (χ2v) is 7.92. The van der Waals surface area contributed by atoms with E-state index < -0.39 is 17.5 Å². The number of ether oxygens (including phenoxy) is 1. The van der Waals surface area contributed by atoms with Gasteiger partial charge in [0.05, 0.1) is 5.56 Å². The number of anilines is 1. The number of nitrogens with zero attached hydrogens (tertiary/aromatic N) is 2. The van der Waals surface area contributed by atoms with Gasteiger partial charge in [0, 0.05) is 31.0 Å². The molecule has 9 heteroatoms. The number of carboxylic acids is 1. The van der Waals surface area contributed by atoms with E-state index in [1.165, 1.54) is 24.4 Å². The van der Waals surface area contributed by atoms with E-state index in [2.05, 4.69) is 10.6 Å². The summed E-state index contributed by atoms with van der Waals surface area (Å²) in [5.74, 6) is -1.75.